The van der Waals surface area contributed by atoms with Gasteiger partial charge in [0.1, 0.15) is 4.21 Å². The molecule has 0 spiro atoms. The van der Waals surface area contributed by atoms with Gasteiger partial charge >= 0.3 is 0 Å². The molecular formula is C17H18N2O3S2. The van der Waals surface area contributed by atoms with Gasteiger partial charge in [-0.2, -0.15) is 0 Å². The Morgan fingerprint density at radius 1 is 1.12 bits per heavy atom. The lowest BCUT2D eigenvalue weighted by molar-refractivity contribution is 0.424. The van der Waals surface area contributed by atoms with E-state index in [0.29, 0.717) is 17.0 Å². The topological polar surface area (TPSA) is 72.2 Å². The predicted molar refractivity (Wildman–Crippen MR) is 95.8 cm³/mol. The standard InChI is InChI=1S/C17H18N2O3S2/c1-3-12-5-7-15(8-6-12)19-24(20,21)17-9-13(11-23-17)16-10-14(4-2)18-22-16/h5-11,19H,3-4H2,1-2H3. The molecule has 1 aromatic carbocycles. The second-order valence-electron chi connectivity index (χ2n) is 5.35. The summed E-state index contributed by atoms with van der Waals surface area (Å²) < 4.78 is 33.1. The van der Waals surface area contributed by atoms with Crippen LogP contribution in [0.1, 0.15) is 25.1 Å². The SMILES string of the molecule is CCc1ccc(NS(=O)(=O)c2cc(-c3cc(CC)no3)cs2)cc1. The van der Waals surface area contributed by atoms with Gasteiger partial charge in [0, 0.05) is 22.7 Å². The first-order chi connectivity index (χ1) is 11.5. The lowest BCUT2D eigenvalue weighted by atomic mass is 10.2. The van der Waals surface area contributed by atoms with E-state index in [1.54, 1.807) is 23.6 Å². The maximum atomic E-state index is 12.5. The number of hydrogen-bond donors (Lipinski definition) is 1. The van der Waals surface area contributed by atoms with E-state index < -0.39 is 10.0 Å². The largest absolute Gasteiger partial charge is 0.356 e. The third kappa shape index (κ3) is 3.52. The first-order valence-corrected chi connectivity index (χ1v) is 10.0. The van der Waals surface area contributed by atoms with Crippen molar-refractivity contribution in [1.29, 1.82) is 0 Å². The molecule has 0 aliphatic carbocycles. The van der Waals surface area contributed by atoms with Crippen molar-refractivity contribution in [3.05, 3.63) is 53.0 Å². The van der Waals surface area contributed by atoms with Gasteiger partial charge in [-0.15, -0.1) is 11.3 Å². The molecule has 0 aliphatic rings. The summed E-state index contributed by atoms with van der Waals surface area (Å²) in [6.45, 7) is 4.04. The number of benzene rings is 1. The van der Waals surface area contributed by atoms with Crippen LogP contribution in [0.4, 0.5) is 5.69 Å². The average Bonchev–Trinajstić information content (AvgIpc) is 3.24. The minimum Gasteiger partial charge on any atom is -0.356 e. The van der Waals surface area contributed by atoms with E-state index in [0.717, 1.165) is 35.4 Å². The van der Waals surface area contributed by atoms with Crippen LogP contribution in [0, 0.1) is 0 Å². The molecule has 0 aliphatic heterocycles. The summed E-state index contributed by atoms with van der Waals surface area (Å²) in [6, 6.07) is 10.8. The highest BCUT2D eigenvalue weighted by Crippen LogP contribution is 2.30. The fourth-order valence-electron chi connectivity index (χ4n) is 2.22. The number of aryl methyl sites for hydroxylation is 2. The molecule has 0 radical (unpaired) electrons. The minimum atomic E-state index is -3.61. The molecule has 1 N–H and O–H groups in total. The van der Waals surface area contributed by atoms with Crippen LogP contribution in [0.5, 0.6) is 0 Å². The fraction of sp³-hybridized carbons (Fsp3) is 0.235. The van der Waals surface area contributed by atoms with Crippen LogP contribution in [0.3, 0.4) is 0 Å². The van der Waals surface area contributed by atoms with E-state index in [9.17, 15) is 8.42 Å². The van der Waals surface area contributed by atoms with Gasteiger partial charge in [-0.25, -0.2) is 8.42 Å². The number of hydrogen-bond acceptors (Lipinski definition) is 5. The highest BCUT2D eigenvalue weighted by Gasteiger charge is 2.19. The van der Waals surface area contributed by atoms with Gasteiger partial charge in [-0.05, 0) is 36.6 Å². The number of sulfonamides is 1. The van der Waals surface area contributed by atoms with E-state index in [1.165, 1.54) is 0 Å². The molecule has 3 aromatic rings. The van der Waals surface area contributed by atoms with E-state index in [1.807, 2.05) is 25.1 Å². The number of nitrogens with one attached hydrogen (secondary N) is 1. The Labute approximate surface area is 145 Å². The number of aromatic nitrogens is 1. The maximum absolute atomic E-state index is 12.5. The number of nitrogens with zero attached hydrogens (tertiary/aromatic N) is 1. The molecule has 0 atom stereocenters. The van der Waals surface area contributed by atoms with Crippen LogP contribution in [-0.4, -0.2) is 13.6 Å². The van der Waals surface area contributed by atoms with Crippen LogP contribution in [0.25, 0.3) is 11.3 Å². The van der Waals surface area contributed by atoms with Gasteiger partial charge in [-0.3, -0.25) is 4.72 Å². The maximum Gasteiger partial charge on any atom is 0.271 e. The smallest absolute Gasteiger partial charge is 0.271 e. The Morgan fingerprint density at radius 2 is 1.88 bits per heavy atom. The molecule has 0 amide bonds. The molecule has 3 rings (SSSR count). The van der Waals surface area contributed by atoms with Crippen molar-refractivity contribution in [2.45, 2.75) is 30.9 Å². The summed E-state index contributed by atoms with van der Waals surface area (Å²) in [5, 5.41) is 5.69. The second-order valence-corrected chi connectivity index (χ2v) is 8.17. The number of anilines is 1. The van der Waals surface area contributed by atoms with Crippen molar-refractivity contribution < 1.29 is 12.9 Å². The first-order valence-electron chi connectivity index (χ1n) is 7.68. The predicted octanol–water partition coefficient (Wildman–Crippen LogP) is 4.33. The number of rotatable bonds is 6. The first kappa shape index (κ1) is 16.7. The Balaban J connectivity index is 1.81. The van der Waals surface area contributed by atoms with Crippen molar-refractivity contribution in [1.82, 2.24) is 5.16 Å². The Bertz CT molecular complexity index is 925. The third-order valence-corrected chi connectivity index (χ3v) is 6.48. The van der Waals surface area contributed by atoms with Crippen molar-refractivity contribution in [2.75, 3.05) is 4.72 Å². The molecule has 7 heteroatoms. The van der Waals surface area contributed by atoms with Gasteiger partial charge in [0.25, 0.3) is 10.0 Å². The van der Waals surface area contributed by atoms with Crippen LogP contribution in [-0.2, 0) is 22.9 Å². The summed E-state index contributed by atoms with van der Waals surface area (Å²) >= 11 is 1.16. The Hall–Kier alpha value is -2.12. The molecular weight excluding hydrogens is 344 g/mol. The van der Waals surface area contributed by atoms with Crippen LogP contribution >= 0.6 is 11.3 Å². The van der Waals surface area contributed by atoms with Crippen molar-refractivity contribution in [3.63, 3.8) is 0 Å². The number of thiophene rings is 1. The van der Waals surface area contributed by atoms with E-state index in [4.69, 9.17) is 4.52 Å². The zero-order valence-electron chi connectivity index (χ0n) is 13.4. The zero-order valence-corrected chi connectivity index (χ0v) is 15.1. The molecule has 24 heavy (non-hydrogen) atoms. The molecule has 0 unspecified atom stereocenters. The van der Waals surface area contributed by atoms with E-state index in [-0.39, 0.29) is 4.21 Å². The van der Waals surface area contributed by atoms with Crippen LogP contribution in [0.2, 0.25) is 0 Å². The van der Waals surface area contributed by atoms with Crippen molar-refractivity contribution in [3.8, 4) is 11.3 Å². The molecule has 2 aromatic heterocycles. The van der Waals surface area contributed by atoms with Gasteiger partial charge in [0.2, 0.25) is 0 Å². The average molecular weight is 362 g/mol. The lowest BCUT2D eigenvalue weighted by Crippen LogP contribution is -2.11. The highest BCUT2D eigenvalue weighted by molar-refractivity contribution is 7.94. The Kier molecular flexibility index (Phi) is 4.73. The molecule has 0 saturated heterocycles. The molecule has 2 heterocycles. The molecule has 126 valence electrons. The summed E-state index contributed by atoms with van der Waals surface area (Å²) in [5.74, 6) is 0.580. The van der Waals surface area contributed by atoms with Crippen LogP contribution < -0.4 is 4.72 Å². The third-order valence-electron chi connectivity index (χ3n) is 3.66. The molecule has 0 fully saturated rings. The van der Waals surface area contributed by atoms with E-state index in [2.05, 4.69) is 16.8 Å². The highest BCUT2D eigenvalue weighted by atomic mass is 32.2. The molecule has 5 nitrogen and oxygen atoms in total. The second kappa shape index (κ2) is 6.78. The summed E-state index contributed by atoms with van der Waals surface area (Å²) in [4.78, 5) is 0. The monoisotopic (exact) mass is 362 g/mol. The quantitative estimate of drug-likeness (QED) is 0.708. The van der Waals surface area contributed by atoms with Crippen molar-refractivity contribution >= 4 is 27.0 Å². The minimum absolute atomic E-state index is 0.242. The summed E-state index contributed by atoms with van der Waals surface area (Å²) in [7, 11) is -3.61. The van der Waals surface area contributed by atoms with E-state index >= 15 is 0 Å². The van der Waals surface area contributed by atoms with Gasteiger partial charge < -0.3 is 4.52 Å². The Morgan fingerprint density at radius 3 is 2.50 bits per heavy atom. The molecule has 0 bridgehead atoms. The van der Waals surface area contributed by atoms with Gasteiger partial charge in [0.15, 0.2) is 5.76 Å². The van der Waals surface area contributed by atoms with Gasteiger partial charge in [-0.1, -0.05) is 31.1 Å². The molecule has 0 saturated carbocycles. The zero-order chi connectivity index (χ0) is 17.2. The lowest BCUT2D eigenvalue weighted by Gasteiger charge is -2.06. The fourth-order valence-corrected chi connectivity index (χ4v) is 4.44. The van der Waals surface area contributed by atoms with Gasteiger partial charge in [0.05, 0.1) is 5.69 Å². The van der Waals surface area contributed by atoms with Crippen molar-refractivity contribution in [2.24, 2.45) is 0 Å². The summed E-state index contributed by atoms with van der Waals surface area (Å²) in [5.41, 5.74) is 3.27. The van der Waals surface area contributed by atoms with Crippen LogP contribution in [0.15, 0.2) is 50.5 Å². The summed E-state index contributed by atoms with van der Waals surface area (Å²) in [6.07, 6.45) is 1.69. The normalized spacial score (nSPS) is 11.6.